The normalized spacial score (nSPS) is 15.3. The first-order chi connectivity index (χ1) is 19.0. The molecule has 1 saturated heterocycles. The highest BCUT2D eigenvalue weighted by atomic mass is 127. The molecule has 1 aliphatic heterocycles. The van der Waals surface area contributed by atoms with Gasteiger partial charge in [-0.3, -0.25) is 2.78 Å². The number of carbonyl (C=O) groups excluding carboxylic acids is 2. The average molecular weight is 671 g/mol. The number of amides is 1. The first kappa shape index (κ1) is 29.6. The van der Waals surface area contributed by atoms with Gasteiger partial charge in [0, 0.05) is 17.5 Å². The van der Waals surface area contributed by atoms with E-state index in [9.17, 15) is 18.0 Å². The van der Waals surface area contributed by atoms with E-state index in [4.69, 9.17) is 4.74 Å². The quantitative estimate of drug-likeness (QED) is 0.179. The lowest BCUT2D eigenvalue weighted by Gasteiger charge is -2.28. The van der Waals surface area contributed by atoms with E-state index in [0.717, 1.165) is 16.5 Å². The van der Waals surface area contributed by atoms with Crippen molar-refractivity contribution in [2.45, 2.75) is 55.2 Å². The molecule has 0 saturated carbocycles. The molecule has 1 amide bonds. The number of likely N-dealkylation sites (tertiary alicyclic amines) is 1. The van der Waals surface area contributed by atoms with Crippen molar-refractivity contribution in [1.82, 2.24) is 7.68 Å². The Morgan fingerprint density at radius 3 is 2.17 bits per heavy atom. The molecule has 208 valence electrons. The lowest BCUT2D eigenvalue weighted by Crippen LogP contribution is -2.41. The van der Waals surface area contributed by atoms with E-state index < -0.39 is 15.4 Å². The van der Waals surface area contributed by atoms with Gasteiger partial charge in [-0.2, -0.15) is 0 Å². The third-order valence-electron chi connectivity index (χ3n) is 6.38. The fourth-order valence-corrected chi connectivity index (χ4v) is 7.19. The molecule has 0 unspecified atom stereocenters. The minimum atomic E-state index is -3.48. The van der Waals surface area contributed by atoms with E-state index in [1.54, 1.807) is 44.1 Å². The molecule has 1 aliphatic rings. The third-order valence-corrected chi connectivity index (χ3v) is 9.49. The summed E-state index contributed by atoms with van der Waals surface area (Å²) in [6, 6.07) is 27.4. The molecule has 7 nitrogen and oxygen atoms in total. The summed E-state index contributed by atoms with van der Waals surface area (Å²) < 4.78 is 32.3. The van der Waals surface area contributed by atoms with Gasteiger partial charge in [0.25, 0.3) is 0 Å². The van der Waals surface area contributed by atoms with Gasteiger partial charge in [-0.15, -0.1) is 0 Å². The Morgan fingerprint density at radius 2 is 1.57 bits per heavy atom. The molecular weight excluding hydrogens is 639 g/mol. The number of nitrogens with zero attached hydrogens (tertiary/aromatic N) is 2. The van der Waals surface area contributed by atoms with Crippen LogP contribution in [0.2, 0.25) is 0 Å². The Hall–Kier alpha value is -3.40. The number of hydrogen-bond acceptors (Lipinski definition) is 5. The van der Waals surface area contributed by atoms with Crippen molar-refractivity contribution in [3.63, 3.8) is 0 Å². The summed E-state index contributed by atoms with van der Waals surface area (Å²) in [6.45, 7) is 6.02. The molecule has 0 spiro atoms. The van der Waals surface area contributed by atoms with Crippen LogP contribution in [0.1, 0.15) is 32.8 Å². The van der Waals surface area contributed by atoms with Gasteiger partial charge in [0.2, 0.25) is 9.84 Å². The summed E-state index contributed by atoms with van der Waals surface area (Å²) in [6.07, 6.45) is 0.818. The van der Waals surface area contributed by atoms with Crippen LogP contribution < -0.4 is 0 Å². The third kappa shape index (κ3) is 6.83. The smallest absolute Gasteiger partial charge is 0.410 e. The van der Waals surface area contributed by atoms with Crippen molar-refractivity contribution < 1.29 is 22.7 Å². The lowest BCUT2D eigenvalue weighted by atomic mass is 10.0. The fourth-order valence-electron chi connectivity index (χ4n) is 4.48. The zero-order valence-electron chi connectivity index (χ0n) is 22.6. The van der Waals surface area contributed by atoms with E-state index in [-0.39, 0.29) is 12.1 Å². The van der Waals surface area contributed by atoms with Crippen LogP contribution in [-0.4, -0.2) is 46.3 Å². The largest absolute Gasteiger partial charge is 0.444 e. The Labute approximate surface area is 248 Å². The monoisotopic (exact) mass is 670 g/mol. The molecule has 3 aromatic carbocycles. The number of halogens is 1. The SMILES string of the molecule is CC(C)(C)OC(=O)N1CCC(=C=O)[C@@H]1Cc1ccccc1.O=S(=O)(c1ccccc1)c1cc2ccccc2n1I. The highest BCUT2D eigenvalue weighted by Gasteiger charge is 2.36. The maximum atomic E-state index is 12.6. The van der Waals surface area contributed by atoms with Gasteiger partial charge in [0.1, 0.15) is 16.6 Å². The highest BCUT2D eigenvalue weighted by Crippen LogP contribution is 2.30. The van der Waals surface area contributed by atoms with Gasteiger partial charge in [-0.05, 0) is 63.4 Å². The molecule has 0 bridgehead atoms. The lowest BCUT2D eigenvalue weighted by molar-refractivity contribution is 0.0239. The van der Waals surface area contributed by atoms with Crippen molar-refractivity contribution in [2.75, 3.05) is 6.54 Å². The van der Waals surface area contributed by atoms with Gasteiger partial charge in [-0.25, -0.2) is 18.0 Å². The van der Waals surface area contributed by atoms with Crippen LogP contribution in [0.4, 0.5) is 4.79 Å². The standard InChI is InChI=1S/C17H21NO3.C14H10INO2S/c1-17(2,3)21-16(20)18-10-9-14(12-19)15(18)11-13-7-5-4-6-8-13;15-16-13-9-5-4-6-11(13)10-14(16)19(17,18)12-7-2-1-3-8-12/h4-8,15H,9-11H2,1-3H3;1-10H/t15-;/m0./s1. The number of carbonyl (C=O) groups is 1. The Balaban J connectivity index is 0.000000186. The van der Waals surface area contributed by atoms with Gasteiger partial charge in [-0.1, -0.05) is 66.7 Å². The van der Waals surface area contributed by atoms with E-state index >= 15 is 0 Å². The summed E-state index contributed by atoms with van der Waals surface area (Å²) in [4.78, 5) is 25.4. The number of sulfone groups is 1. The molecule has 4 aromatic rings. The van der Waals surface area contributed by atoms with E-state index in [1.807, 2.05) is 104 Å². The first-order valence-corrected chi connectivity index (χ1v) is 15.3. The van der Waals surface area contributed by atoms with Gasteiger partial charge in [0.15, 0.2) is 0 Å². The summed E-state index contributed by atoms with van der Waals surface area (Å²) in [5, 5.41) is 1.23. The van der Waals surface area contributed by atoms with Crippen molar-refractivity contribution in [2.24, 2.45) is 0 Å². The van der Waals surface area contributed by atoms with Gasteiger partial charge >= 0.3 is 6.09 Å². The van der Waals surface area contributed by atoms with E-state index in [2.05, 4.69) is 0 Å². The second-order valence-corrected chi connectivity index (χ2v) is 13.3. The number of aromatic nitrogens is 1. The minimum Gasteiger partial charge on any atom is -0.444 e. The van der Waals surface area contributed by atoms with Crippen LogP contribution >= 0.6 is 22.9 Å². The minimum absolute atomic E-state index is 0.250. The highest BCUT2D eigenvalue weighted by molar-refractivity contribution is 14.1. The molecule has 0 aliphatic carbocycles. The summed E-state index contributed by atoms with van der Waals surface area (Å²) in [5.41, 5.74) is 2.09. The zero-order chi connectivity index (χ0) is 28.9. The number of benzene rings is 3. The zero-order valence-corrected chi connectivity index (χ0v) is 25.6. The molecular formula is C31H31IN2O5S. The van der Waals surface area contributed by atoms with Crippen LogP contribution in [0, 0.1) is 0 Å². The number of hydrogen-bond donors (Lipinski definition) is 0. The van der Waals surface area contributed by atoms with Crippen molar-refractivity contribution in [3.05, 3.63) is 102 Å². The first-order valence-electron chi connectivity index (χ1n) is 12.9. The topological polar surface area (TPSA) is 85.7 Å². The average Bonchev–Trinajstić information content (AvgIpc) is 3.50. The molecule has 1 aromatic heterocycles. The Morgan fingerprint density at radius 1 is 0.975 bits per heavy atom. The fraction of sp³-hybridized carbons (Fsp3) is 0.258. The van der Waals surface area contributed by atoms with Crippen LogP contribution in [0.3, 0.4) is 0 Å². The summed E-state index contributed by atoms with van der Waals surface area (Å²) >= 11 is 2.02. The molecule has 0 radical (unpaired) electrons. The number of rotatable bonds is 4. The van der Waals surface area contributed by atoms with Crippen LogP contribution in [0.5, 0.6) is 0 Å². The van der Waals surface area contributed by atoms with E-state index in [1.165, 1.54) is 0 Å². The number of ether oxygens (including phenoxy) is 1. The van der Waals surface area contributed by atoms with Gasteiger partial charge in [0.05, 0.1) is 39.3 Å². The maximum Gasteiger partial charge on any atom is 0.410 e. The molecule has 0 N–H and O–H groups in total. The molecule has 9 heteroatoms. The summed E-state index contributed by atoms with van der Waals surface area (Å²) in [5.74, 6) is 2.00. The predicted molar refractivity (Wildman–Crippen MR) is 164 cm³/mol. The second-order valence-electron chi connectivity index (χ2n) is 10.4. The second kappa shape index (κ2) is 12.4. The molecule has 40 heavy (non-hydrogen) atoms. The number of para-hydroxylation sites is 1. The van der Waals surface area contributed by atoms with E-state index in [0.29, 0.717) is 34.9 Å². The van der Waals surface area contributed by atoms with Crippen LogP contribution in [-0.2, 0) is 25.8 Å². The molecule has 1 fully saturated rings. The van der Waals surface area contributed by atoms with Gasteiger partial charge < -0.3 is 9.64 Å². The number of fused-ring (bicyclic) bond motifs is 1. The predicted octanol–water partition coefficient (Wildman–Crippen LogP) is 6.67. The molecule has 2 heterocycles. The Kier molecular flexibility index (Phi) is 9.18. The van der Waals surface area contributed by atoms with Crippen molar-refractivity contribution in [3.8, 4) is 0 Å². The maximum absolute atomic E-state index is 12.6. The Bertz CT molecular complexity index is 1640. The van der Waals surface area contributed by atoms with Crippen LogP contribution in [0.25, 0.3) is 10.9 Å². The molecule has 1 atom stereocenters. The van der Waals surface area contributed by atoms with Crippen LogP contribution in [0.15, 0.2) is 106 Å². The van der Waals surface area contributed by atoms with Crippen molar-refractivity contribution >= 4 is 55.6 Å². The van der Waals surface area contributed by atoms with Crippen molar-refractivity contribution in [1.29, 1.82) is 0 Å². The molecule has 5 rings (SSSR count). The summed E-state index contributed by atoms with van der Waals surface area (Å²) in [7, 11) is -3.48.